The highest BCUT2D eigenvalue weighted by atomic mass is 16.2. The first-order valence-electron chi connectivity index (χ1n) is 6.95. The summed E-state index contributed by atoms with van der Waals surface area (Å²) >= 11 is 0. The lowest BCUT2D eigenvalue weighted by Crippen LogP contribution is -2.53. The minimum Gasteiger partial charge on any atom is -0.338 e. The third-order valence-electron chi connectivity index (χ3n) is 3.26. The molecule has 0 atom stereocenters. The van der Waals surface area contributed by atoms with Gasteiger partial charge in [0.05, 0.1) is 0 Å². The lowest BCUT2D eigenvalue weighted by molar-refractivity contribution is 0.0659. The second-order valence-corrected chi connectivity index (χ2v) is 4.73. The standard InChI is InChI=1S/C14H20N4O2/c1-2-6-16-14(20)18-10-8-17(9-11-18)13(19)12-5-3-4-7-15-12/h3-5,7H,2,6,8-11H2,1H3,(H,16,20). The van der Waals surface area contributed by atoms with Crippen LogP contribution >= 0.6 is 0 Å². The van der Waals surface area contributed by atoms with Gasteiger partial charge in [0.2, 0.25) is 0 Å². The molecule has 2 heterocycles. The van der Waals surface area contributed by atoms with Gasteiger partial charge in [0.1, 0.15) is 5.69 Å². The van der Waals surface area contributed by atoms with Crippen molar-refractivity contribution in [3.8, 4) is 0 Å². The largest absolute Gasteiger partial charge is 0.338 e. The Kier molecular flexibility index (Phi) is 4.92. The van der Waals surface area contributed by atoms with E-state index in [4.69, 9.17) is 0 Å². The Morgan fingerprint density at radius 2 is 1.90 bits per heavy atom. The van der Waals surface area contributed by atoms with Gasteiger partial charge in [-0.3, -0.25) is 9.78 Å². The fourth-order valence-electron chi connectivity index (χ4n) is 2.11. The van der Waals surface area contributed by atoms with Gasteiger partial charge in [-0.25, -0.2) is 4.79 Å². The Balaban J connectivity index is 1.85. The van der Waals surface area contributed by atoms with Crippen LogP contribution in [-0.2, 0) is 0 Å². The number of nitrogens with zero attached hydrogens (tertiary/aromatic N) is 3. The van der Waals surface area contributed by atoms with Gasteiger partial charge in [-0.1, -0.05) is 13.0 Å². The normalized spacial score (nSPS) is 15.1. The molecule has 0 radical (unpaired) electrons. The highest BCUT2D eigenvalue weighted by molar-refractivity contribution is 5.92. The third kappa shape index (κ3) is 3.46. The van der Waals surface area contributed by atoms with E-state index < -0.39 is 0 Å². The number of piperazine rings is 1. The molecule has 0 aromatic carbocycles. The molecular weight excluding hydrogens is 256 g/mol. The van der Waals surface area contributed by atoms with Crippen molar-refractivity contribution in [1.29, 1.82) is 0 Å². The van der Waals surface area contributed by atoms with Crippen molar-refractivity contribution in [2.45, 2.75) is 13.3 Å². The maximum absolute atomic E-state index is 12.2. The summed E-state index contributed by atoms with van der Waals surface area (Å²) in [5.74, 6) is -0.0702. The molecule has 6 heteroatoms. The van der Waals surface area contributed by atoms with Crippen LogP contribution in [-0.4, -0.2) is 59.4 Å². The summed E-state index contributed by atoms with van der Waals surface area (Å²) in [6.45, 7) is 4.93. The smallest absolute Gasteiger partial charge is 0.317 e. The van der Waals surface area contributed by atoms with E-state index in [0.717, 1.165) is 6.42 Å². The Labute approximate surface area is 118 Å². The molecule has 6 nitrogen and oxygen atoms in total. The van der Waals surface area contributed by atoms with E-state index in [-0.39, 0.29) is 11.9 Å². The molecule has 20 heavy (non-hydrogen) atoms. The highest BCUT2D eigenvalue weighted by Gasteiger charge is 2.24. The predicted octanol–water partition coefficient (Wildman–Crippen LogP) is 0.959. The molecule has 1 fully saturated rings. The van der Waals surface area contributed by atoms with Crippen LogP contribution in [0.3, 0.4) is 0 Å². The first kappa shape index (κ1) is 14.3. The number of carbonyl (C=O) groups excluding carboxylic acids is 2. The van der Waals surface area contributed by atoms with Gasteiger partial charge in [-0.2, -0.15) is 0 Å². The maximum Gasteiger partial charge on any atom is 0.317 e. The molecule has 0 unspecified atom stereocenters. The molecule has 1 N–H and O–H groups in total. The van der Waals surface area contributed by atoms with Gasteiger partial charge in [0, 0.05) is 38.9 Å². The molecule has 0 saturated carbocycles. The number of pyridine rings is 1. The molecule has 1 aliphatic rings. The van der Waals surface area contributed by atoms with E-state index in [1.54, 1.807) is 34.2 Å². The number of hydrogen-bond donors (Lipinski definition) is 1. The molecule has 1 aliphatic heterocycles. The first-order valence-corrected chi connectivity index (χ1v) is 6.95. The topological polar surface area (TPSA) is 65.5 Å². The number of rotatable bonds is 3. The summed E-state index contributed by atoms with van der Waals surface area (Å²) < 4.78 is 0. The Morgan fingerprint density at radius 1 is 1.20 bits per heavy atom. The van der Waals surface area contributed by atoms with E-state index in [1.165, 1.54) is 0 Å². The fourth-order valence-corrected chi connectivity index (χ4v) is 2.11. The highest BCUT2D eigenvalue weighted by Crippen LogP contribution is 2.07. The average molecular weight is 276 g/mol. The molecule has 1 aromatic rings. The minimum absolute atomic E-state index is 0.0446. The monoisotopic (exact) mass is 276 g/mol. The summed E-state index contributed by atoms with van der Waals surface area (Å²) in [4.78, 5) is 31.5. The average Bonchev–Trinajstić information content (AvgIpc) is 2.53. The summed E-state index contributed by atoms with van der Waals surface area (Å²) in [5.41, 5.74) is 0.455. The molecule has 0 aliphatic carbocycles. The van der Waals surface area contributed by atoms with Crippen LogP contribution in [0.4, 0.5) is 4.79 Å². The molecular formula is C14H20N4O2. The van der Waals surface area contributed by atoms with Gasteiger partial charge in [0.25, 0.3) is 5.91 Å². The van der Waals surface area contributed by atoms with Crippen LogP contribution in [0.5, 0.6) is 0 Å². The van der Waals surface area contributed by atoms with E-state index in [9.17, 15) is 9.59 Å². The summed E-state index contributed by atoms with van der Waals surface area (Å²) in [5, 5.41) is 2.85. The second-order valence-electron chi connectivity index (χ2n) is 4.73. The summed E-state index contributed by atoms with van der Waals surface area (Å²) in [6, 6.07) is 5.25. The van der Waals surface area contributed by atoms with Crippen LogP contribution < -0.4 is 5.32 Å². The zero-order valence-corrected chi connectivity index (χ0v) is 11.7. The molecule has 1 aromatic heterocycles. The van der Waals surface area contributed by atoms with E-state index in [0.29, 0.717) is 38.4 Å². The van der Waals surface area contributed by atoms with Crippen LogP contribution in [0, 0.1) is 0 Å². The van der Waals surface area contributed by atoms with Gasteiger partial charge < -0.3 is 15.1 Å². The van der Waals surface area contributed by atoms with E-state index >= 15 is 0 Å². The Hall–Kier alpha value is -2.11. The van der Waals surface area contributed by atoms with Crippen molar-refractivity contribution in [2.24, 2.45) is 0 Å². The van der Waals surface area contributed by atoms with Crippen molar-refractivity contribution in [3.05, 3.63) is 30.1 Å². The Bertz CT molecular complexity index is 456. The number of urea groups is 1. The van der Waals surface area contributed by atoms with Crippen LogP contribution in [0.25, 0.3) is 0 Å². The summed E-state index contributed by atoms with van der Waals surface area (Å²) in [7, 11) is 0. The Morgan fingerprint density at radius 3 is 2.50 bits per heavy atom. The molecule has 2 rings (SSSR count). The van der Waals surface area contributed by atoms with Crippen molar-refractivity contribution in [1.82, 2.24) is 20.1 Å². The zero-order valence-electron chi connectivity index (χ0n) is 11.7. The quantitative estimate of drug-likeness (QED) is 0.894. The van der Waals surface area contributed by atoms with Gasteiger partial charge in [-0.05, 0) is 18.6 Å². The predicted molar refractivity (Wildman–Crippen MR) is 75.4 cm³/mol. The minimum atomic E-state index is -0.0702. The first-order chi connectivity index (χ1) is 9.72. The van der Waals surface area contributed by atoms with Gasteiger partial charge >= 0.3 is 6.03 Å². The second kappa shape index (κ2) is 6.88. The number of carbonyl (C=O) groups is 2. The molecule has 3 amide bonds. The van der Waals surface area contributed by atoms with Crippen molar-refractivity contribution in [2.75, 3.05) is 32.7 Å². The number of nitrogens with one attached hydrogen (secondary N) is 1. The fraction of sp³-hybridized carbons (Fsp3) is 0.500. The maximum atomic E-state index is 12.2. The number of amides is 3. The van der Waals surface area contributed by atoms with Crippen LogP contribution in [0.2, 0.25) is 0 Å². The van der Waals surface area contributed by atoms with Crippen LogP contribution in [0.15, 0.2) is 24.4 Å². The molecule has 1 saturated heterocycles. The van der Waals surface area contributed by atoms with Crippen molar-refractivity contribution in [3.63, 3.8) is 0 Å². The zero-order chi connectivity index (χ0) is 14.4. The van der Waals surface area contributed by atoms with E-state index in [2.05, 4.69) is 10.3 Å². The lowest BCUT2D eigenvalue weighted by atomic mass is 10.2. The van der Waals surface area contributed by atoms with Gasteiger partial charge in [0.15, 0.2) is 0 Å². The van der Waals surface area contributed by atoms with Crippen LogP contribution in [0.1, 0.15) is 23.8 Å². The number of hydrogen-bond acceptors (Lipinski definition) is 3. The third-order valence-corrected chi connectivity index (χ3v) is 3.26. The van der Waals surface area contributed by atoms with Crippen molar-refractivity contribution >= 4 is 11.9 Å². The van der Waals surface area contributed by atoms with Crippen molar-refractivity contribution < 1.29 is 9.59 Å². The molecule has 108 valence electrons. The number of aromatic nitrogens is 1. The van der Waals surface area contributed by atoms with Gasteiger partial charge in [-0.15, -0.1) is 0 Å². The SMILES string of the molecule is CCCNC(=O)N1CCN(C(=O)c2ccccn2)CC1. The van der Waals surface area contributed by atoms with E-state index in [1.807, 2.05) is 6.92 Å². The summed E-state index contributed by atoms with van der Waals surface area (Å²) in [6.07, 6.45) is 2.53. The molecule has 0 spiro atoms. The lowest BCUT2D eigenvalue weighted by Gasteiger charge is -2.34. The molecule has 0 bridgehead atoms.